The average molecular weight is 889 g/mol. The SMILES string of the molecule is CC1(C)c2cc(N(c3ccccc3)c3ccc([SH](C)(C)(C)I)cc3)ccc2-c2oc3c(c21)C(C)(C)c1cc(N(c2ccccc2)c2ccc4ccccc4c2)ccc1-3. The van der Waals surface area contributed by atoms with E-state index in [2.05, 4.69) is 241 Å². The summed E-state index contributed by atoms with van der Waals surface area (Å²) in [5, 5.41) is 2.46. The highest BCUT2D eigenvalue weighted by atomic mass is 127. The molecule has 2 aliphatic rings. The Balaban J connectivity index is 1.06. The molecule has 10 rings (SSSR count). The molecule has 3 nitrogen and oxygen atoms in total. The van der Waals surface area contributed by atoms with Crippen molar-refractivity contribution in [3.05, 3.63) is 186 Å². The first kappa shape index (κ1) is 37.1. The second-order valence-electron chi connectivity index (χ2n) is 18.2. The van der Waals surface area contributed by atoms with Gasteiger partial charge < -0.3 is 14.2 Å². The Morgan fingerprint density at radius 2 is 0.828 bits per heavy atom. The molecule has 0 saturated carbocycles. The number of hydrogen-bond donors (Lipinski definition) is 1. The van der Waals surface area contributed by atoms with Crippen LogP contribution in [0, 0.1) is 0 Å². The fraction of sp³-hybridized carbons (Fsp3) is 0.170. The summed E-state index contributed by atoms with van der Waals surface area (Å²) in [4.78, 5) is 6.20. The lowest BCUT2D eigenvalue weighted by Crippen LogP contribution is -2.23. The molecule has 58 heavy (non-hydrogen) atoms. The third kappa shape index (κ3) is 5.84. The highest BCUT2D eigenvalue weighted by Crippen LogP contribution is 2.74. The summed E-state index contributed by atoms with van der Waals surface area (Å²) >= 11 is 2.68. The van der Waals surface area contributed by atoms with E-state index in [-0.39, 0.29) is 10.8 Å². The number of nitrogens with zero attached hydrogens (tertiary/aromatic N) is 2. The van der Waals surface area contributed by atoms with Crippen LogP contribution in [0.25, 0.3) is 33.4 Å². The quantitative estimate of drug-likeness (QED) is 0.127. The van der Waals surface area contributed by atoms with E-state index in [1.807, 2.05) is 0 Å². The lowest BCUT2D eigenvalue weighted by molar-refractivity contribution is 0.592. The van der Waals surface area contributed by atoms with Crippen molar-refractivity contribution in [3.8, 4) is 22.6 Å². The van der Waals surface area contributed by atoms with Crippen molar-refractivity contribution >= 4 is 72.4 Å². The Labute approximate surface area is 355 Å². The van der Waals surface area contributed by atoms with Crippen LogP contribution in [0.15, 0.2) is 173 Å². The molecule has 7 aromatic carbocycles. The number of furan rings is 1. The van der Waals surface area contributed by atoms with Gasteiger partial charge in [-0.15, -0.1) is 0 Å². The number of benzene rings is 7. The zero-order chi connectivity index (χ0) is 40.2. The minimum absolute atomic E-state index is 0.279. The monoisotopic (exact) mass is 888 g/mol. The van der Waals surface area contributed by atoms with E-state index in [1.165, 1.54) is 49.0 Å². The average Bonchev–Trinajstić information content (AvgIpc) is 3.79. The number of fused-ring (bicyclic) bond motifs is 8. The molecule has 290 valence electrons. The number of anilines is 6. The lowest BCUT2D eigenvalue weighted by atomic mass is 9.74. The second kappa shape index (κ2) is 12.9. The van der Waals surface area contributed by atoms with Crippen LogP contribution in [0.2, 0.25) is 0 Å². The van der Waals surface area contributed by atoms with Crippen molar-refractivity contribution < 1.29 is 4.42 Å². The molecular weight excluding hydrogens is 840 g/mol. The van der Waals surface area contributed by atoms with E-state index in [4.69, 9.17) is 4.42 Å². The molecule has 0 fully saturated rings. The molecule has 0 aliphatic heterocycles. The Hall–Kier alpha value is -5.24. The van der Waals surface area contributed by atoms with Crippen molar-refractivity contribution in [2.75, 3.05) is 28.6 Å². The molecular formula is C53H49IN2OS. The fourth-order valence-electron chi connectivity index (χ4n) is 9.51. The summed E-state index contributed by atoms with van der Waals surface area (Å²) in [7, 11) is 0. The second-order valence-corrected chi connectivity index (χ2v) is 34.1. The molecule has 0 atom stereocenters. The predicted octanol–water partition coefficient (Wildman–Crippen LogP) is 15.7. The van der Waals surface area contributed by atoms with Gasteiger partial charge in [-0.2, -0.15) is 0 Å². The molecule has 0 radical (unpaired) electrons. The largest absolute Gasteiger partial charge is 0.455 e. The van der Waals surface area contributed by atoms with Crippen LogP contribution in [0.5, 0.6) is 0 Å². The number of rotatable bonds is 7. The number of hydrogen-bond acceptors (Lipinski definition) is 3. The Kier molecular flexibility index (Phi) is 8.23. The van der Waals surface area contributed by atoms with Gasteiger partial charge in [0.2, 0.25) is 0 Å². The first-order valence-corrected chi connectivity index (χ1v) is 26.5. The molecule has 0 N–H and O–H groups in total. The van der Waals surface area contributed by atoms with Gasteiger partial charge in [-0.05, 0) is 164 Å². The zero-order valence-electron chi connectivity index (χ0n) is 34.2. The van der Waals surface area contributed by atoms with E-state index in [0.29, 0.717) is 0 Å². The third-order valence-corrected chi connectivity index (χ3v) is 16.2. The van der Waals surface area contributed by atoms with Crippen LogP contribution < -0.4 is 9.80 Å². The van der Waals surface area contributed by atoms with Gasteiger partial charge in [-0.1, -0.05) is 94.4 Å². The van der Waals surface area contributed by atoms with Gasteiger partial charge in [0.15, 0.2) is 0 Å². The van der Waals surface area contributed by atoms with Crippen molar-refractivity contribution in [2.45, 2.75) is 43.4 Å². The molecule has 0 amide bonds. The Bertz CT molecular complexity index is 2890. The molecule has 0 unspecified atom stereocenters. The lowest BCUT2D eigenvalue weighted by Gasteiger charge is -2.45. The van der Waals surface area contributed by atoms with Crippen LogP contribution in [-0.2, 0) is 10.8 Å². The predicted molar refractivity (Wildman–Crippen MR) is 260 cm³/mol. The first-order chi connectivity index (χ1) is 27.7. The highest BCUT2D eigenvalue weighted by molar-refractivity contribution is 14.2. The summed E-state index contributed by atoms with van der Waals surface area (Å²) in [5.74, 6) is 2.02. The number of halogens is 1. The van der Waals surface area contributed by atoms with Gasteiger partial charge in [0.05, 0.1) is 0 Å². The summed E-state index contributed by atoms with van der Waals surface area (Å²) in [6.07, 6.45) is 5.27. The van der Waals surface area contributed by atoms with E-state index < -0.39 is 6.33 Å². The minimum Gasteiger partial charge on any atom is -0.455 e. The zero-order valence-corrected chi connectivity index (χ0v) is 37.3. The normalized spacial score (nSPS) is 15.2. The van der Waals surface area contributed by atoms with Gasteiger partial charge in [0, 0.05) is 67.2 Å². The maximum Gasteiger partial charge on any atom is 0.139 e. The van der Waals surface area contributed by atoms with Crippen LogP contribution in [-0.4, -0.2) is 18.8 Å². The van der Waals surface area contributed by atoms with Crippen molar-refractivity contribution in [2.24, 2.45) is 0 Å². The molecule has 5 heteroatoms. The summed E-state index contributed by atoms with van der Waals surface area (Å²) in [6.45, 7) is 9.53. The van der Waals surface area contributed by atoms with Crippen molar-refractivity contribution in [3.63, 3.8) is 0 Å². The molecule has 8 aromatic rings. The summed E-state index contributed by atoms with van der Waals surface area (Å²) in [6, 6.07) is 60.0. The van der Waals surface area contributed by atoms with Crippen molar-refractivity contribution in [1.82, 2.24) is 0 Å². The van der Waals surface area contributed by atoms with Crippen molar-refractivity contribution in [1.29, 1.82) is 0 Å². The topological polar surface area (TPSA) is 19.6 Å². The maximum absolute atomic E-state index is 7.11. The van der Waals surface area contributed by atoms with E-state index in [0.717, 1.165) is 45.6 Å². The minimum atomic E-state index is -1.94. The molecule has 0 saturated heterocycles. The molecule has 0 bridgehead atoms. The molecule has 0 spiro atoms. The van der Waals surface area contributed by atoms with E-state index >= 15 is 0 Å². The fourth-order valence-corrected chi connectivity index (χ4v) is 11.6. The standard InChI is InChI=1S/C53H49IN2OS/c1-52(2)46-33-41(55(37-18-10-8-11-19-37)39-24-28-43(29-25-39)58(5,6,7)54)26-30-44(46)50-48(52)49-51(57-50)45-31-27-42(34-47(45)53(49,3)4)56(38-20-12-9-13-21-38)40-23-22-35-16-14-15-17-36(35)32-40/h8-34,58H,1-7H3. The van der Waals surface area contributed by atoms with E-state index in [1.54, 1.807) is 0 Å². The summed E-state index contributed by atoms with van der Waals surface area (Å²) < 4.78 is 7.11. The van der Waals surface area contributed by atoms with Crippen LogP contribution in [0.4, 0.5) is 34.1 Å². The van der Waals surface area contributed by atoms with Crippen LogP contribution >= 0.6 is 27.5 Å². The molecule has 2 aliphatic carbocycles. The first-order valence-electron chi connectivity index (χ1n) is 20.2. The smallest absolute Gasteiger partial charge is 0.139 e. The Morgan fingerprint density at radius 1 is 0.431 bits per heavy atom. The van der Waals surface area contributed by atoms with Gasteiger partial charge in [0.1, 0.15) is 11.5 Å². The summed E-state index contributed by atoms with van der Waals surface area (Å²) in [5.41, 5.74) is 13.9. The molecule has 1 heterocycles. The Morgan fingerprint density at radius 3 is 1.33 bits per heavy atom. The third-order valence-electron chi connectivity index (χ3n) is 12.5. The van der Waals surface area contributed by atoms with Crippen LogP contribution in [0.1, 0.15) is 49.9 Å². The number of thiol groups is 1. The van der Waals surface area contributed by atoms with Gasteiger partial charge in [0.25, 0.3) is 0 Å². The van der Waals surface area contributed by atoms with Gasteiger partial charge in [-0.25, -0.2) is 6.33 Å². The van der Waals surface area contributed by atoms with E-state index in [9.17, 15) is 0 Å². The molecule has 1 aromatic heterocycles. The van der Waals surface area contributed by atoms with Gasteiger partial charge >= 0.3 is 0 Å². The van der Waals surface area contributed by atoms with Crippen LogP contribution in [0.3, 0.4) is 0 Å². The number of para-hydroxylation sites is 2. The van der Waals surface area contributed by atoms with Gasteiger partial charge in [-0.3, -0.25) is 0 Å². The highest BCUT2D eigenvalue weighted by Gasteiger charge is 2.50. The maximum atomic E-state index is 7.11.